The van der Waals surface area contributed by atoms with Crippen LogP contribution in [0.1, 0.15) is 97.3 Å². The summed E-state index contributed by atoms with van der Waals surface area (Å²) in [6, 6.07) is 0. The average Bonchev–Trinajstić information content (AvgIpc) is 2.72. The van der Waals surface area contributed by atoms with Gasteiger partial charge in [-0.3, -0.25) is 0 Å². The van der Waals surface area contributed by atoms with Gasteiger partial charge in [0.2, 0.25) is 0 Å². The molecular formula is C27H44O2. The minimum Gasteiger partial charge on any atom is -0.463 e. The molecule has 0 amide bonds. The van der Waals surface area contributed by atoms with Crippen LogP contribution in [0.15, 0.2) is 60.8 Å². The van der Waals surface area contributed by atoms with Crippen molar-refractivity contribution in [2.45, 2.75) is 97.3 Å². The maximum absolute atomic E-state index is 11.1. The molecule has 2 heteroatoms. The molecule has 0 heterocycles. The van der Waals surface area contributed by atoms with E-state index < -0.39 is 0 Å². The molecular weight excluding hydrogens is 356 g/mol. The number of rotatable bonds is 19. The normalized spacial score (nSPS) is 12.5. The number of allylic oxidation sites excluding steroid dienone is 9. The molecule has 0 saturated heterocycles. The Hall–Kier alpha value is -1.83. The molecule has 0 bridgehead atoms. The molecule has 0 aromatic carbocycles. The van der Waals surface area contributed by atoms with Gasteiger partial charge in [0.05, 0.1) is 6.61 Å². The Morgan fingerprint density at radius 1 is 0.586 bits per heavy atom. The highest BCUT2D eigenvalue weighted by Crippen LogP contribution is 2.12. The lowest BCUT2D eigenvalue weighted by atomic mass is 10.0. The van der Waals surface area contributed by atoms with E-state index in [9.17, 15) is 4.79 Å². The zero-order valence-corrected chi connectivity index (χ0v) is 19.0. The fourth-order valence-electron chi connectivity index (χ4n) is 2.99. The summed E-state index contributed by atoms with van der Waals surface area (Å²) in [5.41, 5.74) is 0. The van der Waals surface area contributed by atoms with E-state index in [4.69, 9.17) is 4.74 Å². The van der Waals surface area contributed by atoms with Gasteiger partial charge in [-0.25, -0.2) is 4.79 Å². The van der Waals surface area contributed by atoms with Gasteiger partial charge in [-0.2, -0.15) is 0 Å². The van der Waals surface area contributed by atoms with Crippen molar-refractivity contribution >= 4 is 5.97 Å². The lowest BCUT2D eigenvalue weighted by Crippen LogP contribution is -1.98. The molecule has 0 rings (SSSR count). The Morgan fingerprint density at radius 2 is 1.03 bits per heavy atom. The van der Waals surface area contributed by atoms with Crippen molar-refractivity contribution < 1.29 is 9.53 Å². The third-order valence-electron chi connectivity index (χ3n) is 4.66. The first-order valence-electron chi connectivity index (χ1n) is 11.8. The summed E-state index contributed by atoms with van der Waals surface area (Å²) in [5.74, 6) is -0.306. The lowest BCUT2D eigenvalue weighted by molar-refractivity contribution is -0.137. The van der Waals surface area contributed by atoms with Crippen LogP contribution < -0.4 is 0 Å². The molecule has 0 spiro atoms. The van der Waals surface area contributed by atoms with Gasteiger partial charge in [-0.15, -0.1) is 0 Å². The SMILES string of the molecule is CCCCCCCCCCCCCCC=CC=CC=CC=CC=CC(=O)OCC. The van der Waals surface area contributed by atoms with Gasteiger partial charge >= 0.3 is 5.97 Å². The third kappa shape index (κ3) is 24.1. The minimum atomic E-state index is -0.306. The van der Waals surface area contributed by atoms with E-state index in [-0.39, 0.29) is 5.97 Å². The van der Waals surface area contributed by atoms with Crippen LogP contribution in [0.5, 0.6) is 0 Å². The van der Waals surface area contributed by atoms with Crippen molar-refractivity contribution in [2.24, 2.45) is 0 Å². The van der Waals surface area contributed by atoms with E-state index >= 15 is 0 Å². The van der Waals surface area contributed by atoms with E-state index in [1.54, 1.807) is 13.0 Å². The van der Waals surface area contributed by atoms with Crippen LogP contribution in [0.2, 0.25) is 0 Å². The predicted octanol–water partition coefficient (Wildman–Crippen LogP) is 8.42. The molecule has 0 aliphatic carbocycles. The molecule has 0 radical (unpaired) electrons. The second-order valence-corrected chi connectivity index (χ2v) is 7.37. The first kappa shape index (κ1) is 27.2. The number of ether oxygens (including phenoxy) is 1. The summed E-state index contributed by atoms with van der Waals surface area (Å²) < 4.78 is 4.79. The molecule has 0 unspecified atom stereocenters. The summed E-state index contributed by atoms with van der Waals surface area (Å²) in [5, 5.41) is 0. The van der Waals surface area contributed by atoms with Gasteiger partial charge in [-0.05, 0) is 19.8 Å². The van der Waals surface area contributed by atoms with Crippen LogP contribution in [0.25, 0.3) is 0 Å². The molecule has 0 fully saturated rings. The van der Waals surface area contributed by atoms with Crippen molar-refractivity contribution in [1.29, 1.82) is 0 Å². The monoisotopic (exact) mass is 400 g/mol. The van der Waals surface area contributed by atoms with Gasteiger partial charge in [0, 0.05) is 6.08 Å². The van der Waals surface area contributed by atoms with Gasteiger partial charge in [0.25, 0.3) is 0 Å². The van der Waals surface area contributed by atoms with E-state index in [1.807, 2.05) is 30.4 Å². The fraction of sp³-hybridized carbons (Fsp3) is 0.593. The predicted molar refractivity (Wildman–Crippen MR) is 128 cm³/mol. The molecule has 0 aromatic heterocycles. The number of hydrogen-bond donors (Lipinski definition) is 0. The molecule has 0 aliphatic rings. The Bertz CT molecular complexity index is 495. The minimum absolute atomic E-state index is 0.306. The van der Waals surface area contributed by atoms with Gasteiger partial charge in [0.1, 0.15) is 0 Å². The molecule has 29 heavy (non-hydrogen) atoms. The van der Waals surface area contributed by atoms with E-state index in [2.05, 4.69) is 25.2 Å². The zero-order chi connectivity index (χ0) is 21.3. The summed E-state index contributed by atoms with van der Waals surface area (Å²) in [7, 11) is 0. The summed E-state index contributed by atoms with van der Waals surface area (Å²) >= 11 is 0. The Labute approximate surface area is 180 Å². The van der Waals surface area contributed by atoms with Gasteiger partial charge in [0.15, 0.2) is 0 Å². The molecule has 0 atom stereocenters. The molecule has 0 saturated carbocycles. The first-order valence-corrected chi connectivity index (χ1v) is 11.8. The highest BCUT2D eigenvalue weighted by atomic mass is 16.5. The summed E-state index contributed by atoms with van der Waals surface area (Å²) in [6.07, 6.45) is 37.1. The smallest absolute Gasteiger partial charge is 0.330 e. The lowest BCUT2D eigenvalue weighted by Gasteiger charge is -2.02. The molecule has 164 valence electrons. The Balaban J connectivity index is 3.43. The molecule has 0 N–H and O–H groups in total. The van der Waals surface area contributed by atoms with Crippen molar-refractivity contribution in [2.75, 3.05) is 6.61 Å². The highest BCUT2D eigenvalue weighted by Gasteiger charge is 1.93. The van der Waals surface area contributed by atoms with Crippen LogP contribution >= 0.6 is 0 Å². The van der Waals surface area contributed by atoms with E-state index in [0.29, 0.717) is 6.61 Å². The number of carbonyl (C=O) groups is 1. The maximum atomic E-state index is 11.1. The van der Waals surface area contributed by atoms with E-state index in [1.165, 1.54) is 89.5 Å². The summed E-state index contributed by atoms with van der Waals surface area (Å²) in [6.45, 7) is 4.48. The quantitative estimate of drug-likeness (QED) is 0.0941. The molecule has 2 nitrogen and oxygen atoms in total. The third-order valence-corrected chi connectivity index (χ3v) is 4.66. The van der Waals surface area contributed by atoms with Crippen LogP contribution in [-0.2, 0) is 9.53 Å². The maximum Gasteiger partial charge on any atom is 0.330 e. The Morgan fingerprint density at radius 3 is 1.55 bits per heavy atom. The zero-order valence-electron chi connectivity index (χ0n) is 19.0. The van der Waals surface area contributed by atoms with Crippen LogP contribution in [-0.4, -0.2) is 12.6 Å². The van der Waals surface area contributed by atoms with Gasteiger partial charge in [-0.1, -0.05) is 132 Å². The van der Waals surface area contributed by atoms with Crippen molar-refractivity contribution in [1.82, 2.24) is 0 Å². The molecule has 0 aliphatic heterocycles. The fourth-order valence-corrected chi connectivity index (χ4v) is 2.99. The Kier molecular flexibility index (Phi) is 22.7. The number of esters is 1. The largest absolute Gasteiger partial charge is 0.463 e. The van der Waals surface area contributed by atoms with Crippen molar-refractivity contribution in [3.8, 4) is 0 Å². The molecule has 0 aromatic rings. The topological polar surface area (TPSA) is 26.3 Å². The highest BCUT2D eigenvalue weighted by molar-refractivity contribution is 5.82. The first-order chi connectivity index (χ1) is 14.3. The van der Waals surface area contributed by atoms with Crippen molar-refractivity contribution in [3.05, 3.63) is 60.8 Å². The second kappa shape index (κ2) is 24.2. The van der Waals surface area contributed by atoms with Crippen LogP contribution in [0.3, 0.4) is 0 Å². The van der Waals surface area contributed by atoms with Crippen LogP contribution in [0.4, 0.5) is 0 Å². The van der Waals surface area contributed by atoms with Gasteiger partial charge < -0.3 is 4.74 Å². The number of unbranched alkanes of at least 4 members (excludes halogenated alkanes) is 12. The van der Waals surface area contributed by atoms with Crippen molar-refractivity contribution in [3.63, 3.8) is 0 Å². The van der Waals surface area contributed by atoms with E-state index in [0.717, 1.165) is 0 Å². The second-order valence-electron chi connectivity index (χ2n) is 7.37. The number of hydrogen-bond acceptors (Lipinski definition) is 2. The summed E-state index contributed by atoms with van der Waals surface area (Å²) in [4.78, 5) is 11.1. The van der Waals surface area contributed by atoms with Crippen LogP contribution in [0, 0.1) is 0 Å². The number of carbonyl (C=O) groups excluding carboxylic acids is 1. The standard InChI is InChI=1S/C27H44O2/c1-3-5-6-7-8-9-10-11-12-13-14-15-16-17-18-19-20-21-22-23-24-25-26-27(28)29-4-2/h17-26H,3-16H2,1-2H3. The average molecular weight is 401 g/mol.